The van der Waals surface area contributed by atoms with Crippen LogP contribution in [0.5, 0.6) is 0 Å². The number of rotatable bonds is 11. The molecule has 3 rings (SSSR count). The van der Waals surface area contributed by atoms with Gasteiger partial charge in [-0.05, 0) is 43.9 Å². The van der Waals surface area contributed by atoms with Crippen LogP contribution in [0.25, 0.3) is 22.3 Å². The summed E-state index contributed by atoms with van der Waals surface area (Å²) in [5.41, 5.74) is 5.42. The fraction of sp³-hybridized carbons (Fsp3) is 0.375. The summed E-state index contributed by atoms with van der Waals surface area (Å²) in [4.78, 5) is 16.9. The second-order valence-corrected chi connectivity index (χ2v) is 7.49. The number of methoxy groups -OCH3 is 1. The van der Waals surface area contributed by atoms with Gasteiger partial charge in [0.05, 0.1) is 12.7 Å². The van der Waals surface area contributed by atoms with Gasteiger partial charge in [0.15, 0.2) is 0 Å². The maximum absolute atomic E-state index is 11.8. The van der Waals surface area contributed by atoms with E-state index < -0.39 is 6.10 Å². The smallest absolute Gasteiger partial charge is 0.243 e. The van der Waals surface area contributed by atoms with E-state index in [1.807, 2.05) is 54.6 Å². The van der Waals surface area contributed by atoms with Gasteiger partial charge in [-0.3, -0.25) is 9.63 Å². The summed E-state index contributed by atoms with van der Waals surface area (Å²) in [6.07, 6.45) is 1.19. The first-order valence-electron chi connectivity index (χ1n) is 10.2. The van der Waals surface area contributed by atoms with Crippen molar-refractivity contribution in [3.63, 3.8) is 0 Å². The van der Waals surface area contributed by atoms with E-state index in [1.165, 1.54) is 0 Å². The highest BCUT2D eigenvalue weighted by molar-refractivity contribution is 5.82. The Morgan fingerprint density at radius 1 is 1.13 bits per heavy atom. The summed E-state index contributed by atoms with van der Waals surface area (Å²) in [5, 5.41) is 11.3. The van der Waals surface area contributed by atoms with Gasteiger partial charge in [-0.1, -0.05) is 42.5 Å². The van der Waals surface area contributed by atoms with E-state index in [0.717, 1.165) is 34.3 Å². The second-order valence-electron chi connectivity index (χ2n) is 7.49. The fourth-order valence-corrected chi connectivity index (χ4v) is 3.22. The van der Waals surface area contributed by atoms with E-state index in [1.54, 1.807) is 14.0 Å². The Morgan fingerprint density at radius 2 is 1.90 bits per heavy atom. The van der Waals surface area contributed by atoms with E-state index >= 15 is 0 Å². The SMILES string of the molecule is COCC(C)ONC(=O)CCC(O)CCc1ccc(-c2cc3ccccc3o2)cc1. The predicted octanol–water partition coefficient (Wildman–Crippen LogP) is 4.26. The number of carbonyl (C=O) groups excluding carboxylic acids is 1. The molecule has 0 spiro atoms. The zero-order chi connectivity index (χ0) is 21.3. The van der Waals surface area contributed by atoms with Crippen LogP contribution in [0.2, 0.25) is 0 Å². The van der Waals surface area contributed by atoms with Crippen LogP contribution >= 0.6 is 0 Å². The molecule has 1 heterocycles. The van der Waals surface area contributed by atoms with Crippen LogP contribution in [0.4, 0.5) is 0 Å². The predicted molar refractivity (Wildman–Crippen MR) is 116 cm³/mol. The van der Waals surface area contributed by atoms with Crippen molar-refractivity contribution < 1.29 is 23.9 Å². The minimum absolute atomic E-state index is 0.214. The summed E-state index contributed by atoms with van der Waals surface area (Å²) >= 11 is 0. The van der Waals surface area contributed by atoms with Crippen molar-refractivity contribution in [3.05, 3.63) is 60.2 Å². The average molecular weight is 411 g/mol. The number of aliphatic hydroxyl groups excluding tert-OH is 1. The Hall–Kier alpha value is -2.67. The van der Waals surface area contributed by atoms with Crippen molar-refractivity contribution >= 4 is 16.9 Å². The van der Waals surface area contributed by atoms with Gasteiger partial charge in [0, 0.05) is 24.5 Å². The first-order valence-corrected chi connectivity index (χ1v) is 10.2. The molecule has 2 N–H and O–H groups in total. The fourth-order valence-electron chi connectivity index (χ4n) is 3.22. The van der Waals surface area contributed by atoms with Gasteiger partial charge in [0.25, 0.3) is 0 Å². The molecule has 30 heavy (non-hydrogen) atoms. The van der Waals surface area contributed by atoms with E-state index in [-0.39, 0.29) is 18.4 Å². The van der Waals surface area contributed by atoms with Gasteiger partial charge in [-0.2, -0.15) is 0 Å². The second kappa shape index (κ2) is 10.9. The zero-order valence-corrected chi connectivity index (χ0v) is 17.5. The Bertz CT molecular complexity index is 901. The molecule has 1 aromatic heterocycles. The standard InChI is InChI=1S/C24H29NO5/c1-17(16-28-2)30-25-24(27)14-13-21(26)12-9-18-7-10-19(11-8-18)23-15-20-5-3-4-6-22(20)29-23/h3-8,10-11,15,17,21,26H,9,12-14,16H2,1-2H3,(H,25,27). The molecule has 0 radical (unpaired) electrons. The van der Waals surface area contributed by atoms with E-state index in [9.17, 15) is 9.90 Å². The molecule has 6 nitrogen and oxygen atoms in total. The van der Waals surface area contributed by atoms with Crippen LogP contribution in [-0.4, -0.2) is 36.9 Å². The molecule has 2 atom stereocenters. The van der Waals surface area contributed by atoms with Gasteiger partial charge in [0.1, 0.15) is 17.4 Å². The topological polar surface area (TPSA) is 80.9 Å². The largest absolute Gasteiger partial charge is 0.456 e. The minimum Gasteiger partial charge on any atom is -0.456 e. The van der Waals surface area contributed by atoms with Gasteiger partial charge in [-0.25, -0.2) is 5.48 Å². The van der Waals surface area contributed by atoms with Gasteiger partial charge >= 0.3 is 0 Å². The number of hydrogen-bond acceptors (Lipinski definition) is 5. The lowest BCUT2D eigenvalue weighted by Gasteiger charge is -2.13. The summed E-state index contributed by atoms with van der Waals surface area (Å²) in [6, 6.07) is 18.2. The molecule has 0 aliphatic carbocycles. The monoisotopic (exact) mass is 411 g/mol. The molecule has 0 bridgehead atoms. The number of para-hydroxylation sites is 1. The molecule has 6 heteroatoms. The Kier molecular flexibility index (Phi) is 8.02. The average Bonchev–Trinajstić information content (AvgIpc) is 3.19. The number of furan rings is 1. The number of aliphatic hydroxyl groups is 1. The molecule has 160 valence electrons. The van der Waals surface area contributed by atoms with Crippen molar-refractivity contribution in [2.75, 3.05) is 13.7 Å². The molecule has 2 unspecified atom stereocenters. The first kappa shape index (κ1) is 22.0. The van der Waals surface area contributed by atoms with Crippen LogP contribution < -0.4 is 5.48 Å². The number of ether oxygens (including phenoxy) is 1. The maximum atomic E-state index is 11.8. The van der Waals surface area contributed by atoms with Crippen LogP contribution in [0, 0.1) is 0 Å². The molecule has 2 aromatic carbocycles. The molecule has 0 saturated heterocycles. The van der Waals surface area contributed by atoms with Crippen molar-refractivity contribution in [3.8, 4) is 11.3 Å². The number of hydroxylamine groups is 1. The summed E-state index contributed by atoms with van der Waals surface area (Å²) in [6.45, 7) is 2.20. The van der Waals surface area contributed by atoms with Crippen molar-refractivity contribution in [2.45, 2.75) is 44.8 Å². The molecule has 1 amide bonds. The van der Waals surface area contributed by atoms with Gasteiger partial charge < -0.3 is 14.3 Å². The molecular weight excluding hydrogens is 382 g/mol. The Balaban J connectivity index is 1.41. The molecule has 0 saturated carbocycles. The number of aryl methyl sites for hydroxylation is 1. The molecule has 0 aliphatic heterocycles. The number of nitrogens with one attached hydrogen (secondary N) is 1. The van der Waals surface area contributed by atoms with Crippen molar-refractivity contribution in [2.24, 2.45) is 0 Å². The highest BCUT2D eigenvalue weighted by Gasteiger charge is 2.11. The van der Waals surface area contributed by atoms with E-state index in [2.05, 4.69) is 5.48 Å². The molecular formula is C24H29NO5. The quantitative estimate of drug-likeness (QED) is 0.461. The van der Waals surface area contributed by atoms with E-state index in [4.69, 9.17) is 14.0 Å². The summed E-state index contributed by atoms with van der Waals surface area (Å²) < 4.78 is 10.8. The minimum atomic E-state index is -0.540. The lowest BCUT2D eigenvalue weighted by molar-refractivity contribution is -0.140. The summed E-state index contributed by atoms with van der Waals surface area (Å²) in [5.74, 6) is 0.600. The number of carbonyl (C=O) groups is 1. The van der Waals surface area contributed by atoms with E-state index in [0.29, 0.717) is 19.4 Å². The Labute approximate surface area is 176 Å². The van der Waals surface area contributed by atoms with Crippen LogP contribution in [0.3, 0.4) is 0 Å². The molecule has 0 aliphatic rings. The van der Waals surface area contributed by atoms with Crippen LogP contribution in [-0.2, 0) is 20.8 Å². The number of fused-ring (bicyclic) bond motifs is 1. The zero-order valence-electron chi connectivity index (χ0n) is 17.5. The Morgan fingerprint density at radius 3 is 2.63 bits per heavy atom. The number of benzene rings is 2. The van der Waals surface area contributed by atoms with Crippen LogP contribution in [0.1, 0.15) is 31.7 Å². The summed E-state index contributed by atoms with van der Waals surface area (Å²) in [7, 11) is 1.57. The van der Waals surface area contributed by atoms with Gasteiger partial charge in [0.2, 0.25) is 5.91 Å². The first-order chi connectivity index (χ1) is 14.5. The highest BCUT2D eigenvalue weighted by Crippen LogP contribution is 2.28. The number of amides is 1. The van der Waals surface area contributed by atoms with Crippen molar-refractivity contribution in [1.82, 2.24) is 5.48 Å². The van der Waals surface area contributed by atoms with Crippen molar-refractivity contribution in [1.29, 1.82) is 0 Å². The van der Waals surface area contributed by atoms with Gasteiger partial charge in [-0.15, -0.1) is 0 Å². The normalized spacial score (nSPS) is 13.3. The van der Waals surface area contributed by atoms with Crippen LogP contribution in [0.15, 0.2) is 59.0 Å². The maximum Gasteiger partial charge on any atom is 0.243 e. The lowest BCUT2D eigenvalue weighted by atomic mass is 10.0. The number of hydrogen-bond donors (Lipinski definition) is 2. The third-order valence-electron chi connectivity index (χ3n) is 4.91. The third kappa shape index (κ3) is 6.42. The lowest BCUT2D eigenvalue weighted by Crippen LogP contribution is -2.30. The molecule has 3 aromatic rings. The molecule has 0 fully saturated rings. The third-order valence-corrected chi connectivity index (χ3v) is 4.91. The highest BCUT2D eigenvalue weighted by atomic mass is 16.7.